The van der Waals surface area contributed by atoms with Crippen LogP contribution in [0.3, 0.4) is 0 Å². The van der Waals surface area contributed by atoms with Crippen molar-refractivity contribution in [3.63, 3.8) is 0 Å². The van der Waals surface area contributed by atoms with Crippen LogP contribution in [0.5, 0.6) is 6.01 Å². The second kappa shape index (κ2) is 10.8. The van der Waals surface area contributed by atoms with Gasteiger partial charge in [0.2, 0.25) is 5.91 Å². The Morgan fingerprint density at radius 2 is 1.95 bits per heavy atom. The fourth-order valence-corrected chi connectivity index (χ4v) is 7.80. The first-order chi connectivity index (χ1) is 20.7. The zero-order valence-electron chi connectivity index (χ0n) is 23.5. The molecule has 3 atom stereocenters. The third kappa shape index (κ3) is 4.85. The number of nitrogens with zero attached hydrogens (tertiary/aromatic N) is 6. The van der Waals surface area contributed by atoms with Crippen LogP contribution in [0.4, 0.5) is 19.7 Å². The van der Waals surface area contributed by atoms with E-state index in [2.05, 4.69) is 33.4 Å². The van der Waals surface area contributed by atoms with E-state index in [1.807, 2.05) is 4.90 Å². The number of ether oxygens (including phenoxy) is 1. The zero-order chi connectivity index (χ0) is 30.0. The first-order valence-electron chi connectivity index (χ1n) is 14.3. The number of hydrogen-bond donors (Lipinski definition) is 1. The fraction of sp³-hybridized carbons (Fsp3) is 0.400. The standard InChI is InChI=1S/C30H30ClF2N7O2S/c1-3-22(41)39-10-15-12-40(13-16(15)11-39)28-19-9-20(31)23(18-6-7-21(32)27-26(18)35-29(34)43-27)24(33)25(19)36-30(37-28)42-14-17-5-4-8-38(17)2/h3,6-7,9,15-17H,1,4-5,8,10-14H2,2H3,(H2,34,35). The van der Waals surface area contributed by atoms with Gasteiger partial charge in [0.25, 0.3) is 0 Å². The van der Waals surface area contributed by atoms with Gasteiger partial charge in [-0.2, -0.15) is 9.97 Å². The molecule has 2 aromatic heterocycles. The largest absolute Gasteiger partial charge is 0.462 e. The minimum atomic E-state index is -0.671. The third-order valence-electron chi connectivity index (χ3n) is 8.97. The maximum absolute atomic E-state index is 16.7. The highest BCUT2D eigenvalue weighted by Gasteiger charge is 2.42. The van der Waals surface area contributed by atoms with Crippen LogP contribution < -0.4 is 15.4 Å². The maximum atomic E-state index is 16.7. The molecule has 7 rings (SSSR count). The Labute approximate surface area is 255 Å². The number of anilines is 2. The van der Waals surface area contributed by atoms with Crippen LogP contribution in [-0.4, -0.2) is 83.1 Å². The van der Waals surface area contributed by atoms with Crippen LogP contribution in [-0.2, 0) is 4.79 Å². The molecule has 2 aromatic carbocycles. The first kappa shape index (κ1) is 28.2. The van der Waals surface area contributed by atoms with Gasteiger partial charge in [0, 0.05) is 60.6 Å². The van der Waals surface area contributed by atoms with E-state index in [1.165, 1.54) is 18.2 Å². The van der Waals surface area contributed by atoms with Gasteiger partial charge >= 0.3 is 6.01 Å². The summed E-state index contributed by atoms with van der Waals surface area (Å²) in [6.45, 7) is 7.51. The number of carbonyl (C=O) groups is 1. The molecule has 4 aromatic rings. The summed E-state index contributed by atoms with van der Waals surface area (Å²) in [6, 6.07) is 4.68. The van der Waals surface area contributed by atoms with Crippen molar-refractivity contribution < 1.29 is 18.3 Å². The summed E-state index contributed by atoms with van der Waals surface area (Å²) < 4.78 is 37.6. The van der Waals surface area contributed by atoms with Gasteiger partial charge in [-0.3, -0.25) is 4.79 Å². The number of thiazole rings is 1. The fourth-order valence-electron chi connectivity index (χ4n) is 6.74. The van der Waals surface area contributed by atoms with E-state index in [4.69, 9.17) is 27.1 Å². The van der Waals surface area contributed by atoms with Gasteiger partial charge in [-0.05, 0) is 50.7 Å². The lowest BCUT2D eigenvalue weighted by atomic mass is 10.0. The highest BCUT2D eigenvalue weighted by atomic mass is 35.5. The number of fused-ring (bicyclic) bond motifs is 3. The molecule has 3 aliphatic rings. The van der Waals surface area contributed by atoms with Crippen molar-refractivity contribution in [2.75, 3.05) is 57.0 Å². The average molecular weight is 626 g/mol. The topological polar surface area (TPSA) is 101 Å². The lowest BCUT2D eigenvalue weighted by molar-refractivity contribution is -0.125. The molecule has 5 heterocycles. The molecule has 0 spiro atoms. The minimum Gasteiger partial charge on any atom is -0.462 e. The van der Waals surface area contributed by atoms with Crippen molar-refractivity contribution >= 4 is 60.9 Å². The summed E-state index contributed by atoms with van der Waals surface area (Å²) in [5, 5.41) is 0.744. The molecule has 0 radical (unpaired) electrons. The lowest BCUT2D eigenvalue weighted by Gasteiger charge is -2.24. The van der Waals surface area contributed by atoms with E-state index in [0.29, 0.717) is 49.6 Å². The van der Waals surface area contributed by atoms with E-state index in [9.17, 15) is 9.18 Å². The van der Waals surface area contributed by atoms with Gasteiger partial charge in [0.05, 0.1) is 15.2 Å². The van der Waals surface area contributed by atoms with Crippen molar-refractivity contribution in [2.24, 2.45) is 11.8 Å². The predicted molar refractivity (Wildman–Crippen MR) is 165 cm³/mol. The normalized spacial score (nSPS) is 22.2. The van der Waals surface area contributed by atoms with E-state index in [1.54, 1.807) is 6.07 Å². The van der Waals surface area contributed by atoms with Crippen molar-refractivity contribution in [1.82, 2.24) is 24.8 Å². The number of hydrogen-bond acceptors (Lipinski definition) is 9. The Kier molecular flexibility index (Phi) is 7.10. The van der Waals surface area contributed by atoms with Crippen molar-refractivity contribution in [3.05, 3.63) is 47.5 Å². The predicted octanol–water partition coefficient (Wildman–Crippen LogP) is 4.97. The van der Waals surface area contributed by atoms with Crippen molar-refractivity contribution in [2.45, 2.75) is 18.9 Å². The quantitative estimate of drug-likeness (QED) is 0.300. The molecule has 0 aliphatic carbocycles. The van der Waals surface area contributed by atoms with Crippen molar-refractivity contribution in [1.29, 1.82) is 0 Å². The van der Waals surface area contributed by atoms with E-state index >= 15 is 4.39 Å². The minimum absolute atomic E-state index is 0.0559. The van der Waals surface area contributed by atoms with Gasteiger partial charge in [-0.15, -0.1) is 0 Å². The number of carbonyl (C=O) groups excluding carboxylic acids is 1. The van der Waals surface area contributed by atoms with E-state index in [0.717, 1.165) is 30.7 Å². The molecule has 3 unspecified atom stereocenters. The zero-order valence-corrected chi connectivity index (χ0v) is 25.1. The van der Waals surface area contributed by atoms with Gasteiger partial charge in [-0.1, -0.05) is 29.5 Å². The number of halogens is 3. The molecule has 3 fully saturated rings. The van der Waals surface area contributed by atoms with Gasteiger partial charge in [-0.25, -0.2) is 13.8 Å². The Bertz CT molecular complexity index is 1770. The van der Waals surface area contributed by atoms with Crippen LogP contribution >= 0.6 is 22.9 Å². The van der Waals surface area contributed by atoms with Crippen LogP contribution in [0, 0.1) is 23.5 Å². The molecule has 1 amide bonds. The maximum Gasteiger partial charge on any atom is 0.319 e. The summed E-state index contributed by atoms with van der Waals surface area (Å²) in [5.41, 5.74) is 6.57. The number of nitrogen functional groups attached to an aromatic ring is 1. The highest BCUT2D eigenvalue weighted by Crippen LogP contribution is 2.44. The van der Waals surface area contributed by atoms with Crippen LogP contribution in [0.25, 0.3) is 32.2 Å². The molecule has 9 nitrogen and oxygen atoms in total. The molecule has 3 aliphatic heterocycles. The summed E-state index contributed by atoms with van der Waals surface area (Å²) >= 11 is 7.78. The number of amides is 1. The third-order valence-corrected chi connectivity index (χ3v) is 10.2. The molecule has 13 heteroatoms. The molecule has 0 bridgehead atoms. The Hall–Kier alpha value is -3.61. The van der Waals surface area contributed by atoms with Gasteiger partial charge in [0.1, 0.15) is 23.8 Å². The number of nitrogens with two attached hydrogens (primary N) is 1. The number of rotatable bonds is 6. The SMILES string of the molecule is C=CC(=O)N1CC2CN(c3nc(OCC4CCCN4C)nc4c(F)c(-c5ccc(F)c6sc(N)nc56)c(Cl)cc34)CC2C1. The van der Waals surface area contributed by atoms with Crippen molar-refractivity contribution in [3.8, 4) is 17.1 Å². The highest BCUT2D eigenvalue weighted by molar-refractivity contribution is 7.22. The average Bonchev–Trinajstić information content (AvgIpc) is 3.76. The summed E-state index contributed by atoms with van der Waals surface area (Å²) in [6.07, 6.45) is 3.43. The van der Waals surface area contributed by atoms with E-state index < -0.39 is 11.6 Å². The van der Waals surface area contributed by atoms with Crippen LogP contribution in [0.2, 0.25) is 5.02 Å². The van der Waals surface area contributed by atoms with E-state index in [-0.39, 0.29) is 61.2 Å². The summed E-state index contributed by atoms with van der Waals surface area (Å²) in [7, 11) is 2.06. The monoisotopic (exact) mass is 625 g/mol. The molecule has 224 valence electrons. The number of likely N-dealkylation sites (tertiary alicyclic amines) is 2. The Balaban J connectivity index is 1.32. The molecular weight excluding hydrogens is 596 g/mol. The molecular formula is C30H30ClF2N7O2S. The summed E-state index contributed by atoms with van der Waals surface area (Å²) in [4.78, 5) is 32.0. The number of benzene rings is 2. The van der Waals surface area contributed by atoms with Crippen LogP contribution in [0.1, 0.15) is 12.8 Å². The first-order valence-corrected chi connectivity index (χ1v) is 15.4. The van der Waals surface area contributed by atoms with Crippen LogP contribution in [0.15, 0.2) is 30.9 Å². The second-order valence-electron chi connectivity index (χ2n) is 11.6. The Morgan fingerprint density at radius 3 is 2.65 bits per heavy atom. The molecule has 43 heavy (non-hydrogen) atoms. The number of likely N-dealkylation sites (N-methyl/N-ethyl adjacent to an activating group) is 1. The molecule has 3 saturated heterocycles. The smallest absolute Gasteiger partial charge is 0.319 e. The van der Waals surface area contributed by atoms with Gasteiger partial charge < -0.3 is 25.2 Å². The van der Waals surface area contributed by atoms with Gasteiger partial charge in [0.15, 0.2) is 10.9 Å². The molecule has 2 N–H and O–H groups in total. The Morgan fingerprint density at radius 1 is 1.19 bits per heavy atom. The second-order valence-corrected chi connectivity index (χ2v) is 13.0. The number of aromatic nitrogens is 3. The lowest BCUT2D eigenvalue weighted by Crippen LogP contribution is -2.33. The molecule has 0 saturated carbocycles. The summed E-state index contributed by atoms with van der Waals surface area (Å²) in [5.74, 6) is -0.212.